The van der Waals surface area contributed by atoms with Gasteiger partial charge in [-0.25, -0.2) is 4.98 Å². The Balaban J connectivity index is 1.77. The Hall–Kier alpha value is -2.24. The van der Waals surface area contributed by atoms with Crippen LogP contribution in [0.4, 0.5) is 0 Å². The maximum absolute atomic E-state index is 11.2. The molecule has 4 rings (SSSR count). The normalized spacial score (nSPS) is 12.1. The van der Waals surface area contributed by atoms with Crippen molar-refractivity contribution in [2.75, 3.05) is 0 Å². The summed E-state index contributed by atoms with van der Waals surface area (Å²) in [6.45, 7) is 0. The maximum atomic E-state index is 11.2. The van der Waals surface area contributed by atoms with Crippen molar-refractivity contribution < 1.29 is 5.11 Å². The summed E-state index contributed by atoms with van der Waals surface area (Å²) in [5, 5.41) is 13.0. The Morgan fingerprint density at radius 3 is 2.30 bits per heavy atom. The van der Waals surface area contributed by atoms with Crippen LogP contribution in [0.25, 0.3) is 0 Å². The van der Waals surface area contributed by atoms with Gasteiger partial charge in [0.25, 0.3) is 0 Å². The van der Waals surface area contributed by atoms with Gasteiger partial charge in [0.05, 0.1) is 5.69 Å². The van der Waals surface area contributed by atoms with E-state index < -0.39 is 6.10 Å². The van der Waals surface area contributed by atoms with Crippen molar-refractivity contribution in [2.45, 2.75) is 22.6 Å². The quantitative estimate of drug-likeness (QED) is 0.358. The van der Waals surface area contributed by atoms with Crippen molar-refractivity contribution in [1.82, 2.24) is 9.55 Å². The van der Waals surface area contributed by atoms with Crippen molar-refractivity contribution in [1.29, 1.82) is 0 Å². The van der Waals surface area contributed by atoms with Gasteiger partial charge in [0, 0.05) is 39.7 Å². The van der Waals surface area contributed by atoms with Crippen LogP contribution in [0.1, 0.15) is 28.6 Å². The van der Waals surface area contributed by atoms with Gasteiger partial charge in [-0.15, -0.1) is 0 Å². The van der Waals surface area contributed by atoms with Gasteiger partial charge < -0.3 is 9.67 Å². The molecule has 3 aromatic carbocycles. The molecule has 0 saturated carbocycles. The Kier molecular flexibility index (Phi) is 6.49. The molecule has 0 radical (unpaired) electrons. The van der Waals surface area contributed by atoms with E-state index in [4.69, 9.17) is 28.2 Å². The standard InChI is InChI=1S/C24H20Cl2N2OS/c1-28-21(14-16-8-4-2-5-9-16)22(23(29)19-13-12-17(25)15-20(19)26)27-24(28)30-18-10-6-3-7-11-18/h2-13,15,23,29H,14H2,1H3. The highest BCUT2D eigenvalue weighted by atomic mass is 35.5. The van der Waals surface area contributed by atoms with E-state index in [9.17, 15) is 5.11 Å². The Morgan fingerprint density at radius 2 is 1.63 bits per heavy atom. The van der Waals surface area contributed by atoms with Crippen LogP contribution >= 0.6 is 35.0 Å². The summed E-state index contributed by atoms with van der Waals surface area (Å²) in [5.74, 6) is 0. The second-order valence-corrected chi connectivity index (χ2v) is 8.82. The number of nitrogens with zero attached hydrogens (tertiary/aromatic N) is 2. The lowest BCUT2D eigenvalue weighted by Crippen LogP contribution is -2.07. The molecule has 0 saturated heterocycles. The largest absolute Gasteiger partial charge is 0.382 e. The lowest BCUT2D eigenvalue weighted by Gasteiger charge is -2.14. The van der Waals surface area contributed by atoms with E-state index in [2.05, 4.69) is 12.1 Å². The summed E-state index contributed by atoms with van der Waals surface area (Å²) in [6.07, 6.45) is -0.304. The molecule has 1 aromatic heterocycles. The van der Waals surface area contributed by atoms with Crippen molar-refractivity contribution in [2.24, 2.45) is 7.05 Å². The zero-order valence-electron chi connectivity index (χ0n) is 16.3. The van der Waals surface area contributed by atoms with E-state index in [-0.39, 0.29) is 0 Å². The molecular weight excluding hydrogens is 435 g/mol. The zero-order valence-corrected chi connectivity index (χ0v) is 18.6. The molecule has 152 valence electrons. The van der Waals surface area contributed by atoms with E-state index in [1.54, 1.807) is 30.0 Å². The average Bonchev–Trinajstić information content (AvgIpc) is 3.05. The number of hydrogen-bond acceptors (Lipinski definition) is 3. The fourth-order valence-electron chi connectivity index (χ4n) is 3.30. The van der Waals surface area contributed by atoms with Gasteiger partial charge in [0.15, 0.2) is 5.16 Å². The van der Waals surface area contributed by atoms with Crippen molar-refractivity contribution in [3.63, 3.8) is 0 Å². The number of imidazole rings is 1. The van der Waals surface area contributed by atoms with Crippen LogP contribution in [-0.2, 0) is 13.5 Å². The molecule has 3 nitrogen and oxygen atoms in total. The first-order chi connectivity index (χ1) is 14.5. The summed E-state index contributed by atoms with van der Waals surface area (Å²) in [7, 11) is 1.98. The van der Waals surface area contributed by atoms with Crippen LogP contribution in [0, 0.1) is 0 Å². The Labute approximate surface area is 190 Å². The SMILES string of the molecule is Cn1c(Sc2ccccc2)nc(C(O)c2ccc(Cl)cc2Cl)c1Cc1ccccc1. The van der Waals surface area contributed by atoms with Crippen LogP contribution in [0.2, 0.25) is 10.0 Å². The molecule has 4 aromatic rings. The summed E-state index contributed by atoms with van der Waals surface area (Å²) in [6, 6.07) is 25.4. The predicted molar refractivity (Wildman–Crippen MR) is 124 cm³/mol. The van der Waals surface area contributed by atoms with E-state index in [1.807, 2.05) is 60.1 Å². The number of halogens is 2. The van der Waals surface area contributed by atoms with Crippen molar-refractivity contribution in [3.8, 4) is 0 Å². The van der Waals surface area contributed by atoms with Crippen LogP contribution in [0.5, 0.6) is 0 Å². The molecule has 1 atom stereocenters. The summed E-state index contributed by atoms with van der Waals surface area (Å²) < 4.78 is 2.05. The van der Waals surface area contributed by atoms with Gasteiger partial charge in [-0.3, -0.25) is 0 Å². The first kappa shape index (κ1) is 21.0. The van der Waals surface area contributed by atoms with E-state index in [0.717, 1.165) is 21.3 Å². The molecule has 0 spiro atoms. The molecule has 0 fully saturated rings. The molecule has 0 aliphatic heterocycles. The Bertz CT molecular complexity index is 1150. The van der Waals surface area contributed by atoms with Crippen LogP contribution in [0.15, 0.2) is 88.9 Å². The summed E-state index contributed by atoms with van der Waals surface area (Å²) in [5.41, 5.74) is 3.28. The van der Waals surface area contributed by atoms with Crippen LogP contribution < -0.4 is 0 Å². The molecule has 1 heterocycles. The smallest absolute Gasteiger partial charge is 0.173 e. The molecular formula is C24H20Cl2N2OS. The van der Waals surface area contributed by atoms with Gasteiger partial charge >= 0.3 is 0 Å². The average molecular weight is 455 g/mol. The Morgan fingerprint density at radius 1 is 0.967 bits per heavy atom. The third-order valence-electron chi connectivity index (χ3n) is 4.89. The maximum Gasteiger partial charge on any atom is 0.173 e. The van der Waals surface area contributed by atoms with Gasteiger partial charge in [-0.2, -0.15) is 0 Å². The summed E-state index contributed by atoms with van der Waals surface area (Å²) in [4.78, 5) is 5.91. The van der Waals surface area contributed by atoms with Crippen molar-refractivity contribution in [3.05, 3.63) is 111 Å². The number of aliphatic hydroxyl groups is 1. The van der Waals surface area contributed by atoms with E-state index in [1.165, 1.54) is 0 Å². The van der Waals surface area contributed by atoms with Crippen molar-refractivity contribution >= 4 is 35.0 Å². The lowest BCUT2D eigenvalue weighted by molar-refractivity contribution is 0.214. The minimum Gasteiger partial charge on any atom is -0.382 e. The van der Waals surface area contributed by atoms with Gasteiger partial charge in [-0.1, -0.05) is 89.6 Å². The zero-order chi connectivity index (χ0) is 21.1. The van der Waals surface area contributed by atoms with Crippen LogP contribution in [0.3, 0.4) is 0 Å². The summed E-state index contributed by atoms with van der Waals surface area (Å²) >= 11 is 14.0. The highest BCUT2D eigenvalue weighted by Gasteiger charge is 2.24. The molecule has 6 heteroatoms. The second kappa shape index (κ2) is 9.27. The minimum absolute atomic E-state index is 0.420. The fraction of sp³-hybridized carbons (Fsp3) is 0.125. The highest BCUT2D eigenvalue weighted by Crippen LogP contribution is 2.35. The topological polar surface area (TPSA) is 38.0 Å². The number of benzene rings is 3. The lowest BCUT2D eigenvalue weighted by atomic mass is 10.0. The van der Waals surface area contributed by atoms with Gasteiger partial charge in [0.2, 0.25) is 0 Å². The molecule has 0 amide bonds. The number of aliphatic hydroxyl groups excluding tert-OH is 1. The minimum atomic E-state index is -0.954. The monoisotopic (exact) mass is 454 g/mol. The molecule has 1 N–H and O–H groups in total. The van der Waals surface area contributed by atoms with Crippen LogP contribution in [-0.4, -0.2) is 14.7 Å². The molecule has 0 aliphatic rings. The highest BCUT2D eigenvalue weighted by molar-refractivity contribution is 7.99. The first-order valence-electron chi connectivity index (χ1n) is 9.48. The van der Waals surface area contributed by atoms with E-state index >= 15 is 0 Å². The molecule has 0 bridgehead atoms. The number of aromatic nitrogens is 2. The van der Waals surface area contributed by atoms with Gasteiger partial charge in [0.1, 0.15) is 6.10 Å². The number of hydrogen-bond donors (Lipinski definition) is 1. The third kappa shape index (κ3) is 4.57. The molecule has 30 heavy (non-hydrogen) atoms. The third-order valence-corrected chi connectivity index (χ3v) is 6.50. The second-order valence-electron chi connectivity index (χ2n) is 6.93. The van der Waals surface area contributed by atoms with Gasteiger partial charge in [-0.05, 0) is 29.8 Å². The molecule has 0 aliphatic carbocycles. The fourth-order valence-corrected chi connectivity index (χ4v) is 4.71. The predicted octanol–water partition coefficient (Wildman–Crippen LogP) is 6.55. The number of rotatable bonds is 6. The first-order valence-corrected chi connectivity index (χ1v) is 11.1. The molecule has 1 unspecified atom stereocenters. The van der Waals surface area contributed by atoms with E-state index in [0.29, 0.717) is 27.7 Å².